The first-order valence-electron chi connectivity index (χ1n) is 6.00. The van der Waals surface area contributed by atoms with E-state index < -0.39 is 0 Å². The molecule has 2 N–H and O–H groups in total. The van der Waals surface area contributed by atoms with E-state index in [9.17, 15) is 0 Å². The van der Waals surface area contributed by atoms with Crippen molar-refractivity contribution in [3.8, 4) is 5.75 Å². The van der Waals surface area contributed by atoms with Gasteiger partial charge >= 0.3 is 0 Å². The van der Waals surface area contributed by atoms with Crippen LogP contribution in [0.2, 0.25) is 0 Å². The molecule has 2 aromatic rings. The highest BCUT2D eigenvalue weighted by Crippen LogP contribution is 2.32. The van der Waals surface area contributed by atoms with Crippen molar-refractivity contribution in [2.24, 2.45) is 5.73 Å². The van der Waals surface area contributed by atoms with Crippen LogP contribution in [0.15, 0.2) is 40.2 Å². The zero-order valence-corrected chi connectivity index (χ0v) is 12.2. The summed E-state index contributed by atoms with van der Waals surface area (Å²) < 4.78 is 6.91. The predicted octanol–water partition coefficient (Wildman–Crippen LogP) is 4.10. The second kappa shape index (κ2) is 5.03. The number of ether oxygens (including phenoxy) is 1. The third-order valence-corrected chi connectivity index (χ3v) is 4.65. The van der Waals surface area contributed by atoms with Gasteiger partial charge in [0.05, 0.1) is 15.9 Å². The molecule has 0 saturated heterocycles. The molecule has 1 fully saturated rings. The van der Waals surface area contributed by atoms with Crippen LogP contribution in [0.1, 0.15) is 29.3 Å². The maximum Gasteiger partial charge on any atom is 0.120 e. The molecular weight excluding hydrogens is 310 g/mol. The fourth-order valence-electron chi connectivity index (χ4n) is 1.82. The summed E-state index contributed by atoms with van der Waals surface area (Å²) in [5.74, 6) is 0.932. The summed E-state index contributed by atoms with van der Waals surface area (Å²) >= 11 is 5.14. The van der Waals surface area contributed by atoms with Gasteiger partial charge < -0.3 is 10.5 Å². The Bertz CT molecular complexity index is 550. The lowest BCUT2D eigenvalue weighted by Gasteiger charge is -2.12. The minimum atomic E-state index is -0.0796. The summed E-state index contributed by atoms with van der Waals surface area (Å²) in [4.78, 5) is 1.16. The van der Waals surface area contributed by atoms with Gasteiger partial charge in [-0.05, 0) is 58.6 Å². The smallest absolute Gasteiger partial charge is 0.120 e. The number of benzene rings is 1. The number of thiophene rings is 1. The Morgan fingerprint density at radius 3 is 2.78 bits per heavy atom. The topological polar surface area (TPSA) is 35.2 Å². The average Bonchev–Trinajstić information content (AvgIpc) is 3.08. The van der Waals surface area contributed by atoms with Crippen LogP contribution < -0.4 is 10.5 Å². The van der Waals surface area contributed by atoms with Crippen molar-refractivity contribution in [1.29, 1.82) is 0 Å². The average molecular weight is 324 g/mol. The highest BCUT2D eigenvalue weighted by atomic mass is 79.9. The van der Waals surface area contributed by atoms with Crippen molar-refractivity contribution >= 4 is 27.3 Å². The molecule has 3 rings (SSSR count). The Balaban J connectivity index is 1.81. The van der Waals surface area contributed by atoms with Crippen molar-refractivity contribution in [2.75, 3.05) is 0 Å². The van der Waals surface area contributed by atoms with Gasteiger partial charge in [-0.25, -0.2) is 0 Å². The molecule has 1 saturated carbocycles. The Morgan fingerprint density at radius 1 is 1.28 bits per heavy atom. The minimum absolute atomic E-state index is 0.0796. The van der Waals surface area contributed by atoms with Crippen LogP contribution in [0, 0.1) is 0 Å². The molecule has 1 atom stereocenters. The highest BCUT2D eigenvalue weighted by Gasteiger charge is 2.23. The SMILES string of the molecule is NC(c1cccc(OC2CC2)c1)c1ccc(Br)s1. The van der Waals surface area contributed by atoms with Gasteiger partial charge in [-0.2, -0.15) is 0 Å². The summed E-state index contributed by atoms with van der Waals surface area (Å²) in [5, 5.41) is 0. The Morgan fingerprint density at radius 2 is 2.11 bits per heavy atom. The Labute approximate surface area is 119 Å². The van der Waals surface area contributed by atoms with E-state index in [-0.39, 0.29) is 6.04 Å². The zero-order valence-electron chi connectivity index (χ0n) is 9.80. The Kier molecular flexibility index (Phi) is 3.41. The van der Waals surface area contributed by atoms with Crippen molar-refractivity contribution in [1.82, 2.24) is 0 Å². The van der Waals surface area contributed by atoms with Crippen molar-refractivity contribution in [3.63, 3.8) is 0 Å². The molecule has 1 aromatic heterocycles. The van der Waals surface area contributed by atoms with Gasteiger partial charge in [-0.3, -0.25) is 0 Å². The summed E-state index contributed by atoms with van der Waals surface area (Å²) in [6, 6.07) is 12.1. The molecule has 0 spiro atoms. The van der Waals surface area contributed by atoms with Crippen LogP contribution in [0.5, 0.6) is 5.75 Å². The summed E-state index contributed by atoms with van der Waals surface area (Å²) in [5.41, 5.74) is 7.38. The lowest BCUT2D eigenvalue weighted by Crippen LogP contribution is -2.10. The van der Waals surface area contributed by atoms with Gasteiger partial charge in [-0.1, -0.05) is 12.1 Å². The summed E-state index contributed by atoms with van der Waals surface area (Å²) in [6.45, 7) is 0. The fourth-order valence-corrected chi connectivity index (χ4v) is 3.27. The van der Waals surface area contributed by atoms with Crippen LogP contribution >= 0.6 is 27.3 Å². The maximum atomic E-state index is 6.28. The molecule has 0 amide bonds. The van der Waals surface area contributed by atoms with Crippen molar-refractivity contribution < 1.29 is 4.74 Å². The molecule has 1 aromatic carbocycles. The molecule has 1 heterocycles. The number of hydrogen-bond donors (Lipinski definition) is 1. The quantitative estimate of drug-likeness (QED) is 0.919. The molecule has 94 valence electrons. The largest absolute Gasteiger partial charge is 0.490 e. The fraction of sp³-hybridized carbons (Fsp3) is 0.286. The first-order chi connectivity index (χ1) is 8.72. The highest BCUT2D eigenvalue weighted by molar-refractivity contribution is 9.11. The first-order valence-corrected chi connectivity index (χ1v) is 7.61. The maximum absolute atomic E-state index is 6.28. The molecular formula is C14H14BrNOS. The molecule has 1 unspecified atom stereocenters. The van der Waals surface area contributed by atoms with Crippen molar-refractivity contribution in [2.45, 2.75) is 25.0 Å². The first kappa shape index (κ1) is 12.2. The zero-order chi connectivity index (χ0) is 12.5. The Hall–Kier alpha value is -0.840. The van der Waals surface area contributed by atoms with Crippen LogP contribution in [-0.2, 0) is 0 Å². The van der Waals surface area contributed by atoms with E-state index in [1.54, 1.807) is 11.3 Å². The lowest BCUT2D eigenvalue weighted by molar-refractivity contribution is 0.303. The molecule has 1 aliphatic rings. The minimum Gasteiger partial charge on any atom is -0.490 e. The molecule has 4 heteroatoms. The van der Waals surface area contributed by atoms with Gasteiger partial charge in [0.25, 0.3) is 0 Å². The van der Waals surface area contributed by atoms with E-state index >= 15 is 0 Å². The molecule has 18 heavy (non-hydrogen) atoms. The van der Waals surface area contributed by atoms with E-state index in [0.29, 0.717) is 6.10 Å². The van der Waals surface area contributed by atoms with Crippen LogP contribution in [0.4, 0.5) is 0 Å². The van der Waals surface area contributed by atoms with Crippen LogP contribution in [0.25, 0.3) is 0 Å². The number of rotatable bonds is 4. The number of halogens is 1. The van der Waals surface area contributed by atoms with Crippen LogP contribution in [-0.4, -0.2) is 6.10 Å². The predicted molar refractivity (Wildman–Crippen MR) is 78.1 cm³/mol. The van der Waals surface area contributed by atoms with E-state index in [0.717, 1.165) is 20.0 Å². The molecule has 1 aliphatic carbocycles. The van der Waals surface area contributed by atoms with Gasteiger partial charge in [0, 0.05) is 4.88 Å². The van der Waals surface area contributed by atoms with Gasteiger partial charge in [0.1, 0.15) is 5.75 Å². The third-order valence-electron chi connectivity index (χ3n) is 2.94. The molecule has 2 nitrogen and oxygen atoms in total. The second-order valence-electron chi connectivity index (χ2n) is 4.51. The lowest BCUT2D eigenvalue weighted by atomic mass is 10.1. The second-order valence-corrected chi connectivity index (χ2v) is 7.00. The van der Waals surface area contributed by atoms with Crippen LogP contribution in [0.3, 0.4) is 0 Å². The van der Waals surface area contributed by atoms with E-state index in [4.69, 9.17) is 10.5 Å². The number of hydrogen-bond acceptors (Lipinski definition) is 3. The molecule has 0 aliphatic heterocycles. The van der Waals surface area contributed by atoms with E-state index in [1.807, 2.05) is 18.2 Å². The number of nitrogens with two attached hydrogens (primary N) is 1. The third kappa shape index (κ3) is 2.76. The summed E-state index contributed by atoms with van der Waals surface area (Å²) in [6.07, 6.45) is 2.77. The van der Waals surface area contributed by atoms with Gasteiger partial charge in [-0.15, -0.1) is 11.3 Å². The normalized spacial score (nSPS) is 16.6. The van der Waals surface area contributed by atoms with Crippen molar-refractivity contribution in [3.05, 3.63) is 50.6 Å². The molecule has 0 bridgehead atoms. The van der Waals surface area contributed by atoms with E-state index in [2.05, 4.69) is 34.1 Å². The van der Waals surface area contributed by atoms with E-state index in [1.165, 1.54) is 12.8 Å². The standard InChI is InChI=1S/C14H14BrNOS/c15-13-7-6-12(18-13)14(16)9-2-1-3-11(8-9)17-10-4-5-10/h1-3,6-8,10,14H,4-5,16H2. The van der Waals surface area contributed by atoms with Gasteiger partial charge in [0.15, 0.2) is 0 Å². The monoisotopic (exact) mass is 323 g/mol. The summed E-state index contributed by atoms with van der Waals surface area (Å²) in [7, 11) is 0. The van der Waals surface area contributed by atoms with Gasteiger partial charge in [0.2, 0.25) is 0 Å². The molecule has 0 radical (unpaired) electrons.